The maximum absolute atomic E-state index is 13.2. The van der Waals surface area contributed by atoms with Crippen LogP contribution in [0, 0.1) is 5.82 Å². The standard InChI is InChI=1S/C13H18ClF/c1-3-5-6-10(4-2)11-7-12(14)9-13(15)8-11/h7-10H,3-6H2,1-2H3. The monoisotopic (exact) mass is 228 g/mol. The second-order valence-corrected chi connectivity index (χ2v) is 4.39. The van der Waals surface area contributed by atoms with Crippen LogP contribution in [-0.2, 0) is 0 Å². The van der Waals surface area contributed by atoms with Crippen molar-refractivity contribution < 1.29 is 4.39 Å². The average molecular weight is 229 g/mol. The molecule has 0 nitrogen and oxygen atoms in total. The Morgan fingerprint density at radius 2 is 2.00 bits per heavy atom. The van der Waals surface area contributed by atoms with Crippen molar-refractivity contribution in [1.82, 2.24) is 0 Å². The fourth-order valence-electron chi connectivity index (χ4n) is 1.87. The maximum Gasteiger partial charge on any atom is 0.124 e. The molecule has 0 saturated carbocycles. The highest BCUT2D eigenvalue weighted by Gasteiger charge is 2.10. The summed E-state index contributed by atoms with van der Waals surface area (Å²) in [5.41, 5.74) is 1.04. The second kappa shape index (κ2) is 6.12. The molecule has 15 heavy (non-hydrogen) atoms. The molecule has 0 saturated heterocycles. The van der Waals surface area contributed by atoms with Crippen molar-refractivity contribution in [3.63, 3.8) is 0 Å². The molecule has 0 N–H and O–H groups in total. The van der Waals surface area contributed by atoms with E-state index < -0.39 is 0 Å². The Balaban J connectivity index is 2.81. The quantitative estimate of drug-likeness (QED) is 0.653. The lowest BCUT2D eigenvalue weighted by Crippen LogP contribution is -1.98. The number of rotatable bonds is 5. The van der Waals surface area contributed by atoms with Crippen LogP contribution in [0.15, 0.2) is 18.2 Å². The van der Waals surface area contributed by atoms with E-state index in [0.29, 0.717) is 10.9 Å². The molecule has 0 heterocycles. The minimum atomic E-state index is -0.229. The van der Waals surface area contributed by atoms with Crippen LogP contribution in [0.2, 0.25) is 5.02 Å². The average Bonchev–Trinajstić information content (AvgIpc) is 2.17. The van der Waals surface area contributed by atoms with Gasteiger partial charge in [0.05, 0.1) is 0 Å². The van der Waals surface area contributed by atoms with Gasteiger partial charge in [-0.05, 0) is 42.5 Å². The largest absolute Gasteiger partial charge is 0.207 e. The van der Waals surface area contributed by atoms with Gasteiger partial charge in [0.25, 0.3) is 0 Å². The summed E-state index contributed by atoms with van der Waals surface area (Å²) in [5, 5.41) is 0.500. The van der Waals surface area contributed by atoms with E-state index in [0.717, 1.165) is 18.4 Å². The van der Waals surface area contributed by atoms with Gasteiger partial charge in [0.15, 0.2) is 0 Å². The number of halogens is 2. The molecule has 0 amide bonds. The number of hydrogen-bond donors (Lipinski definition) is 0. The Morgan fingerprint density at radius 1 is 1.27 bits per heavy atom. The lowest BCUT2D eigenvalue weighted by atomic mass is 9.91. The topological polar surface area (TPSA) is 0 Å². The molecule has 0 aliphatic carbocycles. The van der Waals surface area contributed by atoms with E-state index in [9.17, 15) is 4.39 Å². The van der Waals surface area contributed by atoms with Crippen LogP contribution in [0.5, 0.6) is 0 Å². The van der Waals surface area contributed by atoms with E-state index in [-0.39, 0.29) is 5.82 Å². The Kier molecular flexibility index (Phi) is 5.10. The first kappa shape index (κ1) is 12.5. The van der Waals surface area contributed by atoms with Gasteiger partial charge in [-0.15, -0.1) is 0 Å². The zero-order chi connectivity index (χ0) is 11.3. The molecule has 2 heteroatoms. The van der Waals surface area contributed by atoms with Crippen LogP contribution in [0.25, 0.3) is 0 Å². The second-order valence-electron chi connectivity index (χ2n) is 3.95. The highest BCUT2D eigenvalue weighted by molar-refractivity contribution is 6.30. The molecule has 0 spiro atoms. The van der Waals surface area contributed by atoms with E-state index >= 15 is 0 Å². The van der Waals surface area contributed by atoms with Crippen LogP contribution in [0.3, 0.4) is 0 Å². The summed E-state index contributed by atoms with van der Waals surface area (Å²) in [6, 6.07) is 4.85. The third-order valence-electron chi connectivity index (χ3n) is 2.76. The van der Waals surface area contributed by atoms with Gasteiger partial charge in [0.2, 0.25) is 0 Å². The minimum Gasteiger partial charge on any atom is -0.207 e. The summed E-state index contributed by atoms with van der Waals surface area (Å²) in [7, 11) is 0. The molecular formula is C13H18ClF. The maximum atomic E-state index is 13.2. The zero-order valence-corrected chi connectivity index (χ0v) is 10.1. The Bertz CT molecular complexity index is 289. The molecule has 1 aromatic carbocycles. The van der Waals surface area contributed by atoms with Crippen molar-refractivity contribution in [2.24, 2.45) is 0 Å². The normalized spacial score (nSPS) is 12.8. The fourth-order valence-corrected chi connectivity index (χ4v) is 2.10. The molecule has 0 radical (unpaired) electrons. The predicted octanol–water partition coefficient (Wildman–Crippen LogP) is 5.16. The number of unbranched alkanes of at least 4 members (excludes halogenated alkanes) is 1. The molecule has 0 aliphatic heterocycles. The molecule has 0 fully saturated rings. The summed E-state index contributed by atoms with van der Waals surface area (Å²) in [5.74, 6) is 0.214. The van der Waals surface area contributed by atoms with Crippen molar-refractivity contribution in [2.45, 2.75) is 45.4 Å². The molecule has 0 bridgehead atoms. The van der Waals surface area contributed by atoms with E-state index in [1.165, 1.54) is 18.9 Å². The molecule has 1 atom stereocenters. The van der Waals surface area contributed by atoms with Crippen molar-refractivity contribution in [3.05, 3.63) is 34.6 Å². The van der Waals surface area contributed by atoms with Crippen molar-refractivity contribution in [2.75, 3.05) is 0 Å². The van der Waals surface area contributed by atoms with Crippen LogP contribution in [0.1, 0.15) is 51.0 Å². The Morgan fingerprint density at radius 3 is 2.53 bits per heavy atom. The highest BCUT2D eigenvalue weighted by Crippen LogP contribution is 2.28. The van der Waals surface area contributed by atoms with Gasteiger partial charge in [0, 0.05) is 5.02 Å². The van der Waals surface area contributed by atoms with Crippen molar-refractivity contribution in [1.29, 1.82) is 0 Å². The molecule has 1 rings (SSSR count). The van der Waals surface area contributed by atoms with Gasteiger partial charge in [-0.25, -0.2) is 4.39 Å². The van der Waals surface area contributed by atoms with Gasteiger partial charge in [0.1, 0.15) is 5.82 Å². The van der Waals surface area contributed by atoms with Crippen molar-refractivity contribution in [3.8, 4) is 0 Å². The molecular weight excluding hydrogens is 211 g/mol. The van der Waals surface area contributed by atoms with E-state index in [1.54, 1.807) is 6.07 Å². The third-order valence-corrected chi connectivity index (χ3v) is 2.97. The first-order valence-electron chi connectivity index (χ1n) is 5.63. The highest BCUT2D eigenvalue weighted by atomic mass is 35.5. The summed E-state index contributed by atoms with van der Waals surface area (Å²) < 4.78 is 13.2. The summed E-state index contributed by atoms with van der Waals surface area (Å²) in [6.45, 7) is 4.31. The van der Waals surface area contributed by atoms with Gasteiger partial charge in [-0.2, -0.15) is 0 Å². The van der Waals surface area contributed by atoms with Crippen LogP contribution < -0.4 is 0 Å². The van der Waals surface area contributed by atoms with E-state index in [4.69, 9.17) is 11.6 Å². The number of benzene rings is 1. The summed E-state index contributed by atoms with van der Waals surface area (Å²) in [4.78, 5) is 0. The zero-order valence-electron chi connectivity index (χ0n) is 9.39. The lowest BCUT2D eigenvalue weighted by molar-refractivity contribution is 0.561. The van der Waals surface area contributed by atoms with Gasteiger partial charge in [-0.1, -0.05) is 38.3 Å². The Labute approximate surface area is 96.5 Å². The molecule has 0 aliphatic rings. The SMILES string of the molecule is CCCCC(CC)c1cc(F)cc(Cl)c1. The van der Waals surface area contributed by atoms with Crippen LogP contribution in [-0.4, -0.2) is 0 Å². The number of hydrogen-bond acceptors (Lipinski definition) is 0. The molecule has 1 aromatic rings. The minimum absolute atomic E-state index is 0.229. The van der Waals surface area contributed by atoms with Crippen LogP contribution in [0.4, 0.5) is 4.39 Å². The van der Waals surface area contributed by atoms with Gasteiger partial charge in [-0.3, -0.25) is 0 Å². The first-order chi connectivity index (χ1) is 7.17. The fraction of sp³-hybridized carbons (Fsp3) is 0.538. The lowest BCUT2D eigenvalue weighted by Gasteiger charge is -2.15. The molecule has 84 valence electrons. The smallest absolute Gasteiger partial charge is 0.124 e. The summed E-state index contributed by atoms with van der Waals surface area (Å²) >= 11 is 5.85. The first-order valence-corrected chi connectivity index (χ1v) is 6.01. The summed E-state index contributed by atoms with van der Waals surface area (Å²) in [6.07, 6.45) is 4.53. The third kappa shape index (κ3) is 3.83. The Hall–Kier alpha value is -0.560. The molecule has 0 aromatic heterocycles. The van der Waals surface area contributed by atoms with Crippen molar-refractivity contribution >= 4 is 11.6 Å². The van der Waals surface area contributed by atoms with E-state index in [1.807, 2.05) is 6.07 Å². The van der Waals surface area contributed by atoms with Gasteiger partial charge < -0.3 is 0 Å². The molecule has 1 unspecified atom stereocenters. The predicted molar refractivity (Wildman–Crippen MR) is 64.0 cm³/mol. The van der Waals surface area contributed by atoms with Gasteiger partial charge >= 0.3 is 0 Å². The van der Waals surface area contributed by atoms with Crippen LogP contribution >= 0.6 is 11.6 Å². The van der Waals surface area contributed by atoms with E-state index in [2.05, 4.69) is 13.8 Å².